The monoisotopic (exact) mass is 345 g/mol. The molecular weight excluding hydrogens is 326 g/mol. The average Bonchev–Trinajstić information content (AvgIpc) is 2.59. The van der Waals surface area contributed by atoms with Crippen LogP contribution in [0.25, 0.3) is 0 Å². The molecule has 1 amide bonds. The fraction of sp³-hybridized carbons (Fsp3) is 0.263. The van der Waals surface area contributed by atoms with Crippen LogP contribution in [0.1, 0.15) is 36.5 Å². The summed E-state index contributed by atoms with van der Waals surface area (Å²) in [6, 6.07) is 13.8. The molecule has 24 heavy (non-hydrogen) atoms. The average molecular weight is 346 g/mol. The molecular formula is C19H20ClNO3. The number of ether oxygens (including phenoxy) is 1. The summed E-state index contributed by atoms with van der Waals surface area (Å²) in [7, 11) is 0. The third-order valence-corrected chi connectivity index (χ3v) is 3.61. The number of nitrogens with one attached hydrogen (secondary N) is 1. The number of carbonyl (C=O) groups is 2. The number of Topliss-reactive ketones (excluding diaryl/α,β-unsaturated/α-hetero) is 1. The van der Waals surface area contributed by atoms with Gasteiger partial charge in [-0.05, 0) is 55.0 Å². The van der Waals surface area contributed by atoms with Crippen molar-refractivity contribution in [2.24, 2.45) is 0 Å². The van der Waals surface area contributed by atoms with E-state index in [1.54, 1.807) is 36.4 Å². The Morgan fingerprint density at radius 1 is 1.00 bits per heavy atom. The van der Waals surface area contributed by atoms with Crippen molar-refractivity contribution in [3.63, 3.8) is 0 Å². The van der Waals surface area contributed by atoms with Gasteiger partial charge in [-0.15, -0.1) is 0 Å². The second-order valence-electron chi connectivity index (χ2n) is 5.35. The van der Waals surface area contributed by atoms with Crippen molar-refractivity contribution in [1.82, 2.24) is 0 Å². The molecule has 0 aliphatic heterocycles. The van der Waals surface area contributed by atoms with Crippen LogP contribution >= 0.6 is 11.6 Å². The van der Waals surface area contributed by atoms with Crippen LogP contribution in [-0.4, -0.2) is 18.3 Å². The third kappa shape index (κ3) is 5.70. The van der Waals surface area contributed by atoms with Crippen molar-refractivity contribution >= 4 is 29.0 Å². The van der Waals surface area contributed by atoms with Crippen LogP contribution in [-0.2, 0) is 4.79 Å². The third-order valence-electron chi connectivity index (χ3n) is 3.36. The maximum absolute atomic E-state index is 12.0. The van der Waals surface area contributed by atoms with E-state index in [4.69, 9.17) is 16.3 Å². The lowest BCUT2D eigenvalue weighted by Crippen LogP contribution is -2.13. The fourth-order valence-electron chi connectivity index (χ4n) is 2.09. The molecule has 2 rings (SSSR count). The Morgan fingerprint density at radius 2 is 1.67 bits per heavy atom. The van der Waals surface area contributed by atoms with Gasteiger partial charge in [0.05, 0.1) is 6.61 Å². The number of hydrogen-bond acceptors (Lipinski definition) is 3. The molecule has 1 N–H and O–H groups in total. The van der Waals surface area contributed by atoms with Gasteiger partial charge in [0.1, 0.15) is 5.75 Å². The van der Waals surface area contributed by atoms with E-state index < -0.39 is 0 Å². The summed E-state index contributed by atoms with van der Waals surface area (Å²) >= 11 is 5.79. The fourth-order valence-corrected chi connectivity index (χ4v) is 2.21. The Balaban J connectivity index is 1.80. The molecule has 0 saturated heterocycles. The Bertz CT molecular complexity index is 681. The van der Waals surface area contributed by atoms with Crippen molar-refractivity contribution in [1.29, 1.82) is 0 Å². The minimum atomic E-state index is -0.195. The van der Waals surface area contributed by atoms with Crippen LogP contribution in [0.2, 0.25) is 5.02 Å². The zero-order chi connectivity index (χ0) is 17.4. The van der Waals surface area contributed by atoms with Gasteiger partial charge in [-0.2, -0.15) is 0 Å². The summed E-state index contributed by atoms with van der Waals surface area (Å²) in [5, 5.41) is 3.35. The van der Waals surface area contributed by atoms with Gasteiger partial charge in [0.2, 0.25) is 5.91 Å². The molecule has 4 nitrogen and oxygen atoms in total. The second-order valence-corrected chi connectivity index (χ2v) is 5.79. The summed E-state index contributed by atoms with van der Waals surface area (Å²) in [5.41, 5.74) is 1.24. The summed E-state index contributed by atoms with van der Waals surface area (Å²) in [6.45, 7) is 2.71. The van der Waals surface area contributed by atoms with Gasteiger partial charge in [0.15, 0.2) is 5.78 Å². The maximum Gasteiger partial charge on any atom is 0.224 e. The molecule has 2 aromatic rings. The molecule has 2 aromatic carbocycles. The highest BCUT2D eigenvalue weighted by molar-refractivity contribution is 6.30. The molecule has 0 heterocycles. The molecule has 0 aromatic heterocycles. The van der Waals surface area contributed by atoms with Crippen LogP contribution in [0.4, 0.5) is 5.69 Å². The Labute approximate surface area is 146 Å². The van der Waals surface area contributed by atoms with E-state index >= 15 is 0 Å². The highest BCUT2D eigenvalue weighted by atomic mass is 35.5. The highest BCUT2D eigenvalue weighted by Crippen LogP contribution is 2.17. The van der Waals surface area contributed by atoms with E-state index in [1.807, 2.05) is 19.1 Å². The second kappa shape index (κ2) is 9.08. The first-order valence-corrected chi connectivity index (χ1v) is 8.27. The van der Waals surface area contributed by atoms with E-state index in [0.29, 0.717) is 22.9 Å². The normalized spacial score (nSPS) is 10.2. The number of anilines is 1. The summed E-state index contributed by atoms with van der Waals surface area (Å²) in [4.78, 5) is 24.0. The Morgan fingerprint density at radius 3 is 2.29 bits per heavy atom. The van der Waals surface area contributed by atoms with E-state index in [9.17, 15) is 9.59 Å². The smallest absolute Gasteiger partial charge is 0.224 e. The van der Waals surface area contributed by atoms with Gasteiger partial charge in [-0.3, -0.25) is 9.59 Å². The number of carbonyl (C=O) groups excluding carboxylic acids is 2. The molecule has 126 valence electrons. The lowest BCUT2D eigenvalue weighted by atomic mass is 10.1. The lowest BCUT2D eigenvalue weighted by Gasteiger charge is -2.07. The number of halogens is 1. The van der Waals surface area contributed by atoms with E-state index in [2.05, 4.69) is 5.32 Å². The van der Waals surface area contributed by atoms with Crippen molar-refractivity contribution in [2.75, 3.05) is 11.9 Å². The standard InChI is InChI=1S/C19H20ClNO3/c1-2-13-24-17-9-7-16(8-10-17)21-19(23)12-11-18(22)14-3-5-15(20)6-4-14/h3-10H,2,11-13H2,1H3,(H,21,23). The highest BCUT2D eigenvalue weighted by Gasteiger charge is 2.09. The van der Waals surface area contributed by atoms with E-state index in [0.717, 1.165) is 12.2 Å². The molecule has 0 aliphatic rings. The van der Waals surface area contributed by atoms with Crippen LogP contribution in [0, 0.1) is 0 Å². The molecule has 0 unspecified atom stereocenters. The van der Waals surface area contributed by atoms with E-state index in [1.165, 1.54) is 0 Å². The first kappa shape index (κ1) is 18.0. The first-order chi connectivity index (χ1) is 11.6. The zero-order valence-electron chi connectivity index (χ0n) is 13.5. The van der Waals surface area contributed by atoms with Crippen molar-refractivity contribution < 1.29 is 14.3 Å². The molecule has 0 saturated carbocycles. The van der Waals surface area contributed by atoms with Crippen molar-refractivity contribution in [3.8, 4) is 5.75 Å². The SMILES string of the molecule is CCCOc1ccc(NC(=O)CCC(=O)c2ccc(Cl)cc2)cc1. The van der Waals surface area contributed by atoms with Gasteiger partial charge >= 0.3 is 0 Å². The van der Waals surface area contributed by atoms with E-state index in [-0.39, 0.29) is 24.5 Å². The summed E-state index contributed by atoms with van der Waals surface area (Å²) < 4.78 is 5.48. The first-order valence-electron chi connectivity index (χ1n) is 7.90. The number of amides is 1. The van der Waals surface area contributed by atoms with Gasteiger partial charge < -0.3 is 10.1 Å². The van der Waals surface area contributed by atoms with Gasteiger partial charge in [0.25, 0.3) is 0 Å². The zero-order valence-corrected chi connectivity index (χ0v) is 14.3. The predicted molar refractivity (Wildman–Crippen MR) is 95.9 cm³/mol. The number of ketones is 1. The Kier molecular flexibility index (Phi) is 6.82. The number of rotatable bonds is 8. The summed E-state index contributed by atoms with van der Waals surface area (Å²) in [5.74, 6) is 0.498. The molecule has 0 spiro atoms. The molecule has 0 radical (unpaired) electrons. The largest absolute Gasteiger partial charge is 0.494 e. The van der Waals surface area contributed by atoms with Crippen LogP contribution in [0.5, 0.6) is 5.75 Å². The van der Waals surface area contributed by atoms with Crippen LogP contribution in [0.15, 0.2) is 48.5 Å². The minimum Gasteiger partial charge on any atom is -0.494 e. The molecule has 0 aliphatic carbocycles. The lowest BCUT2D eigenvalue weighted by molar-refractivity contribution is -0.116. The Hall–Kier alpha value is -2.33. The van der Waals surface area contributed by atoms with Gasteiger partial charge in [-0.1, -0.05) is 18.5 Å². The van der Waals surface area contributed by atoms with Crippen molar-refractivity contribution in [3.05, 3.63) is 59.1 Å². The van der Waals surface area contributed by atoms with Crippen LogP contribution < -0.4 is 10.1 Å². The maximum atomic E-state index is 12.0. The topological polar surface area (TPSA) is 55.4 Å². The molecule has 0 fully saturated rings. The molecule has 5 heteroatoms. The molecule has 0 atom stereocenters. The minimum absolute atomic E-state index is 0.0786. The number of hydrogen-bond donors (Lipinski definition) is 1. The number of benzene rings is 2. The predicted octanol–water partition coefficient (Wildman–Crippen LogP) is 4.73. The quantitative estimate of drug-likeness (QED) is 0.703. The van der Waals surface area contributed by atoms with Crippen molar-refractivity contribution in [2.45, 2.75) is 26.2 Å². The van der Waals surface area contributed by atoms with Gasteiger partial charge in [-0.25, -0.2) is 0 Å². The van der Waals surface area contributed by atoms with Crippen LogP contribution in [0.3, 0.4) is 0 Å². The molecule has 0 bridgehead atoms. The summed E-state index contributed by atoms with van der Waals surface area (Å²) in [6.07, 6.45) is 1.24. The van der Waals surface area contributed by atoms with Gasteiger partial charge in [0, 0.05) is 29.1 Å².